The topological polar surface area (TPSA) is 119 Å². The summed E-state index contributed by atoms with van der Waals surface area (Å²) in [4.78, 5) is 59.4. The zero-order chi connectivity index (χ0) is 32.5. The largest absolute Gasteiger partial charge is 0.444 e. The Morgan fingerprint density at radius 1 is 0.756 bits per heavy atom. The van der Waals surface area contributed by atoms with E-state index < -0.39 is 35.5 Å². The molecule has 3 aromatic rings. The highest BCUT2D eigenvalue weighted by Gasteiger charge is 2.37. The Hall–Kier alpha value is -4.21. The zero-order valence-electron chi connectivity index (χ0n) is 27.1. The first-order valence-electron chi connectivity index (χ1n) is 15.7. The van der Waals surface area contributed by atoms with Gasteiger partial charge in [-0.1, -0.05) is 18.2 Å². The molecule has 10 heteroatoms. The van der Waals surface area contributed by atoms with E-state index in [1.165, 1.54) is 0 Å². The average molecular weight is 618 g/mol. The van der Waals surface area contributed by atoms with Crippen molar-refractivity contribution in [3.8, 4) is 11.5 Å². The first kappa shape index (κ1) is 32.2. The van der Waals surface area contributed by atoms with Crippen molar-refractivity contribution in [3.05, 3.63) is 53.6 Å². The summed E-state index contributed by atoms with van der Waals surface area (Å²) in [6.07, 6.45) is 2.28. The number of rotatable bonds is 7. The summed E-state index contributed by atoms with van der Waals surface area (Å²) in [5, 5.41) is 0. The Balaban J connectivity index is 1.22. The summed E-state index contributed by atoms with van der Waals surface area (Å²) >= 11 is 0. The van der Waals surface area contributed by atoms with Crippen LogP contribution in [-0.2, 0) is 31.9 Å². The molecule has 0 spiro atoms. The van der Waals surface area contributed by atoms with Gasteiger partial charge in [-0.15, -0.1) is 0 Å². The van der Waals surface area contributed by atoms with E-state index in [0.717, 1.165) is 29.5 Å². The highest BCUT2D eigenvalue weighted by Crippen LogP contribution is 2.28. The van der Waals surface area contributed by atoms with Crippen LogP contribution in [-0.4, -0.2) is 74.9 Å². The first-order chi connectivity index (χ1) is 21.2. The van der Waals surface area contributed by atoms with Gasteiger partial charge in [0.05, 0.1) is 12.1 Å². The second-order valence-corrected chi connectivity index (χ2v) is 14.0. The molecule has 1 unspecified atom stereocenters. The Bertz CT molecular complexity index is 1580. The fourth-order valence-corrected chi connectivity index (χ4v) is 5.89. The second kappa shape index (κ2) is 12.7. The SMILES string of the molecule is CC(C)(C)OC(=O)N1CCCC1C(=O)Cc1ccc2oc(-c3ccc(CC(=O)[C@@H]4CCCN4C(=O)OC(C)(C)C)cc3)nc2c1. The summed E-state index contributed by atoms with van der Waals surface area (Å²) in [7, 11) is 0. The molecular formula is C35H43N3O7. The maximum absolute atomic E-state index is 13.2. The lowest BCUT2D eigenvalue weighted by molar-refractivity contribution is -0.123. The van der Waals surface area contributed by atoms with Crippen molar-refractivity contribution >= 4 is 34.9 Å². The molecule has 2 aliphatic heterocycles. The monoisotopic (exact) mass is 617 g/mol. The van der Waals surface area contributed by atoms with Crippen LogP contribution in [0.15, 0.2) is 46.9 Å². The van der Waals surface area contributed by atoms with Crippen LogP contribution in [0.25, 0.3) is 22.6 Å². The lowest BCUT2D eigenvalue weighted by atomic mass is 10.0. The molecule has 2 saturated heterocycles. The third-order valence-electron chi connectivity index (χ3n) is 7.91. The van der Waals surface area contributed by atoms with Crippen LogP contribution in [0, 0.1) is 0 Å². The molecule has 0 bridgehead atoms. The standard InChI is InChI=1S/C35H43N3O7/c1-34(2,3)44-32(41)37-17-7-9-26(37)28(39)20-22-11-14-24(15-12-22)31-36-25-19-23(13-16-30(25)43-31)21-29(40)27-10-8-18-38(27)33(42)45-35(4,5)6/h11-16,19,26-27H,7-10,17-18,20-21H2,1-6H3/t26-,27?/m0/s1. The minimum atomic E-state index is -0.624. The molecule has 10 nitrogen and oxygen atoms in total. The summed E-state index contributed by atoms with van der Waals surface area (Å²) in [6, 6.07) is 12.0. The van der Waals surface area contributed by atoms with Gasteiger partial charge in [0.1, 0.15) is 16.7 Å². The number of likely N-dealkylation sites (tertiary alicyclic amines) is 2. The minimum absolute atomic E-state index is 0.0122. The number of aromatic nitrogens is 1. The van der Waals surface area contributed by atoms with Crippen molar-refractivity contribution in [2.75, 3.05) is 13.1 Å². The smallest absolute Gasteiger partial charge is 0.410 e. The van der Waals surface area contributed by atoms with Gasteiger partial charge in [0.2, 0.25) is 5.89 Å². The molecule has 2 fully saturated rings. The number of hydrogen-bond acceptors (Lipinski definition) is 8. The highest BCUT2D eigenvalue weighted by molar-refractivity contribution is 5.91. The molecule has 1 aromatic heterocycles. The van der Waals surface area contributed by atoms with Crippen LogP contribution in [0.5, 0.6) is 0 Å². The number of ether oxygens (including phenoxy) is 2. The van der Waals surface area contributed by atoms with Crippen LogP contribution in [0.3, 0.4) is 0 Å². The molecule has 2 aromatic carbocycles. The molecule has 0 radical (unpaired) electrons. The van der Waals surface area contributed by atoms with Crippen molar-refractivity contribution in [2.24, 2.45) is 0 Å². The summed E-state index contributed by atoms with van der Waals surface area (Å²) in [5.41, 5.74) is 2.38. The Morgan fingerprint density at radius 2 is 1.24 bits per heavy atom. The number of carbonyl (C=O) groups excluding carboxylic acids is 4. The fraction of sp³-hybridized carbons (Fsp3) is 0.514. The maximum atomic E-state index is 13.2. The molecule has 5 rings (SSSR count). The summed E-state index contributed by atoms with van der Waals surface area (Å²) < 4.78 is 17.0. The van der Waals surface area contributed by atoms with Crippen molar-refractivity contribution < 1.29 is 33.1 Å². The minimum Gasteiger partial charge on any atom is -0.444 e. The molecule has 0 saturated carbocycles. The van der Waals surface area contributed by atoms with Gasteiger partial charge in [-0.2, -0.15) is 0 Å². The van der Waals surface area contributed by atoms with E-state index in [-0.39, 0.29) is 24.4 Å². The molecule has 45 heavy (non-hydrogen) atoms. The molecular weight excluding hydrogens is 574 g/mol. The Morgan fingerprint density at radius 3 is 1.76 bits per heavy atom. The van der Waals surface area contributed by atoms with Crippen molar-refractivity contribution in [1.82, 2.24) is 14.8 Å². The highest BCUT2D eigenvalue weighted by atomic mass is 16.6. The van der Waals surface area contributed by atoms with Gasteiger partial charge < -0.3 is 13.9 Å². The molecule has 2 atom stereocenters. The van der Waals surface area contributed by atoms with E-state index in [4.69, 9.17) is 13.9 Å². The lowest BCUT2D eigenvalue weighted by Crippen LogP contribution is -2.43. The van der Waals surface area contributed by atoms with Crippen LogP contribution >= 0.6 is 0 Å². The van der Waals surface area contributed by atoms with Gasteiger partial charge in [-0.3, -0.25) is 19.4 Å². The van der Waals surface area contributed by atoms with E-state index >= 15 is 0 Å². The van der Waals surface area contributed by atoms with Gasteiger partial charge in [0.25, 0.3) is 0 Å². The number of benzene rings is 2. The third-order valence-corrected chi connectivity index (χ3v) is 7.91. The van der Waals surface area contributed by atoms with E-state index in [1.54, 1.807) is 15.9 Å². The number of fused-ring (bicyclic) bond motifs is 1. The molecule has 3 heterocycles. The summed E-state index contributed by atoms with van der Waals surface area (Å²) in [6.45, 7) is 11.9. The number of Topliss-reactive ketones (excluding diaryl/α,β-unsaturated/α-hetero) is 2. The predicted octanol–water partition coefficient (Wildman–Crippen LogP) is 6.52. The number of amides is 2. The normalized spacial score (nSPS) is 18.8. The Kier molecular flexibility index (Phi) is 9.05. The first-order valence-corrected chi connectivity index (χ1v) is 15.7. The average Bonchev–Trinajstić information content (AvgIpc) is 3.71. The van der Waals surface area contributed by atoms with Gasteiger partial charge in [-0.25, -0.2) is 14.6 Å². The maximum Gasteiger partial charge on any atom is 0.410 e. The van der Waals surface area contributed by atoms with Crippen molar-refractivity contribution in [2.45, 2.75) is 103 Å². The van der Waals surface area contributed by atoms with E-state index in [9.17, 15) is 19.2 Å². The number of nitrogens with zero attached hydrogens (tertiary/aromatic N) is 3. The van der Waals surface area contributed by atoms with E-state index in [2.05, 4.69) is 4.98 Å². The second-order valence-electron chi connectivity index (χ2n) is 14.0. The lowest BCUT2D eigenvalue weighted by Gasteiger charge is -2.28. The van der Waals surface area contributed by atoms with Gasteiger partial charge in [0, 0.05) is 31.5 Å². The fourth-order valence-electron chi connectivity index (χ4n) is 5.89. The van der Waals surface area contributed by atoms with Crippen LogP contribution < -0.4 is 0 Å². The molecule has 0 aliphatic carbocycles. The quantitative estimate of drug-likeness (QED) is 0.294. The number of ketones is 2. The van der Waals surface area contributed by atoms with E-state index in [1.807, 2.05) is 77.9 Å². The number of oxazole rings is 1. The van der Waals surface area contributed by atoms with Crippen molar-refractivity contribution in [3.63, 3.8) is 0 Å². The van der Waals surface area contributed by atoms with Crippen LogP contribution in [0.2, 0.25) is 0 Å². The number of hydrogen-bond donors (Lipinski definition) is 0. The third kappa shape index (κ3) is 7.90. The molecule has 240 valence electrons. The molecule has 2 aliphatic rings. The molecule has 2 amide bonds. The van der Waals surface area contributed by atoms with Gasteiger partial charge in [0.15, 0.2) is 17.1 Å². The van der Waals surface area contributed by atoms with Crippen LogP contribution in [0.4, 0.5) is 9.59 Å². The molecule has 0 N–H and O–H groups in total. The van der Waals surface area contributed by atoms with Gasteiger partial charge in [-0.05, 0) is 103 Å². The van der Waals surface area contributed by atoms with Crippen LogP contribution in [0.1, 0.15) is 78.4 Å². The van der Waals surface area contributed by atoms with Gasteiger partial charge >= 0.3 is 12.2 Å². The number of carbonyl (C=O) groups is 4. The van der Waals surface area contributed by atoms with E-state index in [0.29, 0.717) is 42.9 Å². The predicted molar refractivity (Wildman–Crippen MR) is 169 cm³/mol. The van der Waals surface area contributed by atoms with Crippen molar-refractivity contribution in [1.29, 1.82) is 0 Å². The summed E-state index contributed by atoms with van der Waals surface area (Å²) in [5.74, 6) is 0.394. The Labute approximate surface area is 264 Å². The zero-order valence-corrected chi connectivity index (χ0v) is 27.1.